The van der Waals surface area contributed by atoms with E-state index in [4.69, 9.17) is 4.84 Å². The molecule has 0 spiro atoms. The highest BCUT2D eigenvalue weighted by atomic mass is 16.7. The van der Waals surface area contributed by atoms with Gasteiger partial charge in [0, 0.05) is 12.3 Å². The van der Waals surface area contributed by atoms with Gasteiger partial charge >= 0.3 is 5.97 Å². The van der Waals surface area contributed by atoms with E-state index in [9.17, 15) is 4.79 Å². The normalized spacial score (nSPS) is 12.4. The molecule has 1 rings (SSSR count). The highest BCUT2D eigenvalue weighted by molar-refractivity contribution is 6.04. The molecule has 0 aliphatic carbocycles. The number of hydrogen-bond acceptors (Lipinski definition) is 3. The maximum absolute atomic E-state index is 10.8. The van der Waals surface area contributed by atoms with Gasteiger partial charge in [0.05, 0.1) is 5.71 Å². The van der Waals surface area contributed by atoms with Gasteiger partial charge in [-0.25, -0.2) is 4.79 Å². The Morgan fingerprint density at radius 3 is 2.19 bits per heavy atom. The predicted octanol–water partition coefficient (Wildman–Crippen LogP) is 3.00. The van der Waals surface area contributed by atoms with Gasteiger partial charge in [-0.05, 0) is 5.56 Å². The van der Waals surface area contributed by atoms with Crippen molar-refractivity contribution in [2.75, 3.05) is 0 Å². The molecule has 0 bridgehead atoms. The lowest BCUT2D eigenvalue weighted by Gasteiger charge is -2.20. The molecule has 0 amide bonds. The van der Waals surface area contributed by atoms with Crippen LogP contribution in [-0.2, 0) is 9.63 Å². The largest absolute Gasteiger partial charge is 0.331 e. The van der Waals surface area contributed by atoms with E-state index >= 15 is 0 Å². The topological polar surface area (TPSA) is 38.7 Å². The average molecular weight is 219 g/mol. The Hall–Kier alpha value is -1.64. The number of carbonyl (C=O) groups excluding carboxylic acids is 1. The van der Waals surface area contributed by atoms with Crippen molar-refractivity contribution in [3.8, 4) is 0 Å². The van der Waals surface area contributed by atoms with Crippen LogP contribution in [-0.4, -0.2) is 11.7 Å². The van der Waals surface area contributed by atoms with Crippen LogP contribution in [0.3, 0.4) is 0 Å². The monoisotopic (exact) mass is 219 g/mol. The van der Waals surface area contributed by atoms with E-state index in [1.54, 1.807) is 0 Å². The van der Waals surface area contributed by atoms with Gasteiger partial charge in [-0.1, -0.05) is 56.3 Å². The van der Waals surface area contributed by atoms with Crippen LogP contribution in [0.1, 0.15) is 33.3 Å². The molecule has 0 aliphatic rings. The van der Waals surface area contributed by atoms with Crippen LogP contribution in [0.5, 0.6) is 0 Å². The minimum atomic E-state index is -0.405. The predicted molar refractivity (Wildman–Crippen MR) is 64.2 cm³/mol. The van der Waals surface area contributed by atoms with Crippen molar-refractivity contribution in [1.82, 2.24) is 0 Å². The van der Waals surface area contributed by atoms with E-state index < -0.39 is 5.97 Å². The second-order valence-corrected chi connectivity index (χ2v) is 4.64. The Balaban J connectivity index is 3.07. The van der Waals surface area contributed by atoms with Crippen LogP contribution < -0.4 is 0 Å². The summed E-state index contributed by atoms with van der Waals surface area (Å²) in [5.41, 5.74) is 1.57. The Labute approximate surface area is 96.1 Å². The number of nitrogens with zero attached hydrogens (tertiary/aromatic N) is 1. The van der Waals surface area contributed by atoms with Crippen LogP contribution in [0.25, 0.3) is 0 Å². The summed E-state index contributed by atoms with van der Waals surface area (Å²) in [7, 11) is 0. The first-order chi connectivity index (χ1) is 7.41. The van der Waals surface area contributed by atoms with Gasteiger partial charge in [0.1, 0.15) is 0 Å². The fourth-order valence-corrected chi connectivity index (χ4v) is 1.33. The Bertz CT molecular complexity index is 388. The van der Waals surface area contributed by atoms with Crippen LogP contribution in [0.15, 0.2) is 35.5 Å². The fourth-order valence-electron chi connectivity index (χ4n) is 1.33. The Morgan fingerprint density at radius 2 is 1.75 bits per heavy atom. The molecule has 0 radical (unpaired) electrons. The standard InChI is InChI=1S/C13H17NO2/c1-10(15)16-14-12(13(2,3)4)11-8-6-5-7-9-11/h5-9H,1-4H3/b14-12-. The number of benzene rings is 1. The van der Waals surface area contributed by atoms with Crippen molar-refractivity contribution in [1.29, 1.82) is 0 Å². The first-order valence-corrected chi connectivity index (χ1v) is 5.23. The smallest absolute Gasteiger partial charge is 0.318 e. The van der Waals surface area contributed by atoms with Gasteiger partial charge in [-0.15, -0.1) is 0 Å². The molecule has 3 nitrogen and oxygen atoms in total. The van der Waals surface area contributed by atoms with E-state index in [-0.39, 0.29) is 5.41 Å². The minimum absolute atomic E-state index is 0.170. The molecule has 0 N–H and O–H groups in total. The third-order valence-corrected chi connectivity index (χ3v) is 2.02. The summed E-state index contributed by atoms with van der Waals surface area (Å²) < 4.78 is 0. The van der Waals surface area contributed by atoms with Crippen molar-refractivity contribution in [3.63, 3.8) is 0 Å². The molecule has 1 aromatic rings. The summed E-state index contributed by atoms with van der Waals surface area (Å²) in [4.78, 5) is 15.5. The van der Waals surface area contributed by atoms with E-state index in [1.807, 2.05) is 51.1 Å². The summed E-state index contributed by atoms with van der Waals surface area (Å²) in [6.45, 7) is 7.43. The van der Waals surface area contributed by atoms with Crippen LogP contribution in [0.2, 0.25) is 0 Å². The Morgan fingerprint density at radius 1 is 1.19 bits per heavy atom. The summed E-state index contributed by atoms with van der Waals surface area (Å²) in [6, 6.07) is 9.71. The maximum atomic E-state index is 10.8. The Kier molecular flexibility index (Phi) is 3.82. The lowest BCUT2D eigenvalue weighted by Crippen LogP contribution is -2.22. The summed E-state index contributed by atoms with van der Waals surface area (Å²) in [5, 5.41) is 3.93. The van der Waals surface area contributed by atoms with E-state index in [0.717, 1.165) is 11.3 Å². The summed E-state index contributed by atoms with van der Waals surface area (Å²) in [6.07, 6.45) is 0. The second kappa shape index (κ2) is 4.92. The molecule has 0 saturated carbocycles. The van der Waals surface area contributed by atoms with Crippen molar-refractivity contribution in [3.05, 3.63) is 35.9 Å². The molecule has 3 heteroatoms. The third-order valence-electron chi connectivity index (χ3n) is 2.02. The van der Waals surface area contributed by atoms with Crippen LogP contribution in [0.4, 0.5) is 0 Å². The van der Waals surface area contributed by atoms with Gasteiger partial charge in [0.15, 0.2) is 0 Å². The highest BCUT2D eigenvalue weighted by Crippen LogP contribution is 2.22. The molecule has 1 aromatic carbocycles. The van der Waals surface area contributed by atoms with Gasteiger partial charge in [-0.2, -0.15) is 0 Å². The zero-order valence-electron chi connectivity index (χ0n) is 10.2. The molecule has 0 heterocycles. The molecule has 0 aliphatic heterocycles. The molecule has 0 saturated heterocycles. The van der Waals surface area contributed by atoms with Crippen molar-refractivity contribution < 1.29 is 9.63 Å². The van der Waals surface area contributed by atoms with E-state index in [2.05, 4.69) is 5.16 Å². The van der Waals surface area contributed by atoms with Crippen LogP contribution in [0, 0.1) is 5.41 Å². The zero-order valence-corrected chi connectivity index (χ0v) is 10.2. The second-order valence-electron chi connectivity index (χ2n) is 4.64. The maximum Gasteiger partial charge on any atom is 0.331 e. The SMILES string of the molecule is CC(=O)O/N=C(/c1ccccc1)C(C)(C)C. The molecular weight excluding hydrogens is 202 g/mol. The van der Waals surface area contributed by atoms with Crippen LogP contribution >= 0.6 is 0 Å². The molecule has 0 aromatic heterocycles. The third kappa shape index (κ3) is 3.50. The zero-order chi connectivity index (χ0) is 12.2. The minimum Gasteiger partial charge on any atom is -0.318 e. The molecule has 0 atom stereocenters. The first-order valence-electron chi connectivity index (χ1n) is 5.23. The van der Waals surface area contributed by atoms with Crippen molar-refractivity contribution >= 4 is 11.7 Å². The molecule has 0 fully saturated rings. The summed E-state index contributed by atoms with van der Waals surface area (Å²) in [5.74, 6) is -0.405. The van der Waals surface area contributed by atoms with E-state index in [0.29, 0.717) is 0 Å². The molecular formula is C13H17NO2. The fraction of sp³-hybridized carbons (Fsp3) is 0.385. The van der Waals surface area contributed by atoms with E-state index in [1.165, 1.54) is 6.92 Å². The average Bonchev–Trinajstić information content (AvgIpc) is 2.17. The highest BCUT2D eigenvalue weighted by Gasteiger charge is 2.21. The first kappa shape index (κ1) is 12.4. The molecule has 86 valence electrons. The number of oxime groups is 1. The number of hydrogen-bond donors (Lipinski definition) is 0. The lowest BCUT2D eigenvalue weighted by atomic mass is 9.86. The number of rotatable bonds is 2. The summed E-state index contributed by atoms with van der Waals surface area (Å²) >= 11 is 0. The molecule has 0 unspecified atom stereocenters. The van der Waals surface area contributed by atoms with Gasteiger partial charge in [0.25, 0.3) is 0 Å². The van der Waals surface area contributed by atoms with Crippen molar-refractivity contribution in [2.24, 2.45) is 10.6 Å². The number of carbonyl (C=O) groups is 1. The lowest BCUT2D eigenvalue weighted by molar-refractivity contribution is -0.141. The van der Waals surface area contributed by atoms with Crippen molar-refractivity contribution in [2.45, 2.75) is 27.7 Å². The van der Waals surface area contributed by atoms with Gasteiger partial charge in [0.2, 0.25) is 0 Å². The molecule has 16 heavy (non-hydrogen) atoms. The quantitative estimate of drug-likeness (QED) is 0.435. The van der Waals surface area contributed by atoms with Gasteiger partial charge in [-0.3, -0.25) is 0 Å². The van der Waals surface area contributed by atoms with Gasteiger partial charge < -0.3 is 4.84 Å².